The third kappa shape index (κ3) is 2.57. The fraction of sp³-hybridized carbons (Fsp3) is 0.875. The van der Waals surface area contributed by atoms with Crippen LogP contribution in [0.25, 0.3) is 0 Å². The van der Waals surface area contributed by atoms with Gasteiger partial charge in [0.1, 0.15) is 6.54 Å². The largest absolute Gasteiger partial charge is 0.480 e. The molecule has 4 nitrogen and oxygen atoms in total. The van der Waals surface area contributed by atoms with E-state index in [4.69, 9.17) is 5.11 Å². The van der Waals surface area contributed by atoms with E-state index in [1.165, 1.54) is 43.4 Å². The Kier molecular flexibility index (Phi) is 3.51. The van der Waals surface area contributed by atoms with E-state index < -0.39 is 5.97 Å². The molecular weight excluding hydrogens is 254 g/mol. The van der Waals surface area contributed by atoms with Gasteiger partial charge in [-0.1, -0.05) is 0 Å². The van der Waals surface area contributed by atoms with Crippen LogP contribution in [0.1, 0.15) is 51.9 Å². The zero-order valence-corrected chi connectivity index (χ0v) is 12.3. The first-order chi connectivity index (χ1) is 9.49. The highest BCUT2D eigenvalue weighted by Gasteiger charge is 2.51. The zero-order valence-electron chi connectivity index (χ0n) is 12.3. The minimum absolute atomic E-state index is 0.0526. The summed E-state index contributed by atoms with van der Waals surface area (Å²) < 4.78 is 0. The maximum absolute atomic E-state index is 12.5. The highest BCUT2D eigenvalue weighted by molar-refractivity contribution is 5.81. The minimum atomic E-state index is -0.911. The monoisotopic (exact) mass is 279 g/mol. The van der Waals surface area contributed by atoms with Crippen molar-refractivity contribution < 1.29 is 14.7 Å². The molecule has 1 N–H and O–H groups in total. The summed E-state index contributed by atoms with van der Waals surface area (Å²) >= 11 is 0. The predicted molar refractivity (Wildman–Crippen MR) is 75.1 cm³/mol. The Morgan fingerprint density at radius 1 is 1.10 bits per heavy atom. The van der Waals surface area contributed by atoms with Gasteiger partial charge < -0.3 is 10.0 Å². The molecule has 4 saturated carbocycles. The van der Waals surface area contributed by atoms with Crippen molar-refractivity contribution in [3.05, 3.63) is 0 Å². The predicted octanol–water partition coefficient (Wildman–Crippen LogP) is 2.53. The van der Waals surface area contributed by atoms with E-state index in [-0.39, 0.29) is 17.9 Å². The van der Waals surface area contributed by atoms with Gasteiger partial charge in [0.15, 0.2) is 0 Å². The topological polar surface area (TPSA) is 57.6 Å². The highest BCUT2D eigenvalue weighted by Crippen LogP contribution is 2.61. The number of amides is 1. The summed E-state index contributed by atoms with van der Waals surface area (Å²) in [6, 6.07) is 0. The van der Waals surface area contributed by atoms with E-state index in [2.05, 4.69) is 0 Å². The summed E-state index contributed by atoms with van der Waals surface area (Å²) in [5.74, 6) is 1.65. The van der Waals surface area contributed by atoms with Crippen LogP contribution in [0.4, 0.5) is 0 Å². The number of aliphatic carboxylic acids is 1. The molecule has 0 heterocycles. The van der Waals surface area contributed by atoms with Crippen LogP contribution in [0, 0.1) is 23.2 Å². The summed E-state index contributed by atoms with van der Waals surface area (Å²) in [5.41, 5.74) is 0.206. The van der Waals surface area contributed by atoms with Gasteiger partial charge in [0.05, 0.1) is 0 Å². The van der Waals surface area contributed by atoms with Gasteiger partial charge in [0, 0.05) is 13.0 Å². The lowest BCUT2D eigenvalue weighted by molar-refractivity contribution is -0.148. The lowest BCUT2D eigenvalue weighted by Crippen LogP contribution is -2.48. The summed E-state index contributed by atoms with van der Waals surface area (Å²) in [4.78, 5) is 24.8. The third-order valence-corrected chi connectivity index (χ3v) is 5.75. The Labute approximate surface area is 120 Å². The normalized spacial score (nSPS) is 38.0. The van der Waals surface area contributed by atoms with Crippen LogP contribution in [0.3, 0.4) is 0 Å². The van der Waals surface area contributed by atoms with Crippen molar-refractivity contribution in [2.24, 2.45) is 23.2 Å². The molecule has 4 rings (SSSR count). The number of likely N-dealkylation sites (N-methyl/N-ethyl adjacent to an activating group) is 1. The second kappa shape index (κ2) is 5.05. The molecule has 4 aliphatic rings. The summed E-state index contributed by atoms with van der Waals surface area (Å²) in [5, 5.41) is 8.90. The SMILES string of the molecule is CCN(CC(=O)O)C(=O)CC12CC3CC(CC(C3)C1)C2. The van der Waals surface area contributed by atoms with E-state index in [1.54, 1.807) is 0 Å². The molecule has 4 aliphatic carbocycles. The van der Waals surface area contributed by atoms with Gasteiger partial charge in [-0.2, -0.15) is 0 Å². The Morgan fingerprint density at radius 2 is 1.60 bits per heavy atom. The van der Waals surface area contributed by atoms with E-state index in [0.717, 1.165) is 17.8 Å². The van der Waals surface area contributed by atoms with Gasteiger partial charge in [-0.05, 0) is 68.6 Å². The molecule has 1 amide bonds. The fourth-order valence-electron chi connectivity index (χ4n) is 5.48. The Bertz CT molecular complexity index is 383. The van der Waals surface area contributed by atoms with Crippen LogP contribution in [0.2, 0.25) is 0 Å². The first-order valence-corrected chi connectivity index (χ1v) is 7.99. The third-order valence-electron chi connectivity index (χ3n) is 5.75. The number of hydrogen-bond acceptors (Lipinski definition) is 2. The van der Waals surface area contributed by atoms with Gasteiger partial charge in [0.25, 0.3) is 0 Å². The summed E-state index contributed by atoms with van der Waals surface area (Å²) in [6.45, 7) is 2.21. The lowest BCUT2D eigenvalue weighted by atomic mass is 9.49. The molecular formula is C16H25NO3. The van der Waals surface area contributed by atoms with E-state index in [1.807, 2.05) is 6.92 Å². The van der Waals surface area contributed by atoms with Crippen molar-refractivity contribution >= 4 is 11.9 Å². The molecule has 20 heavy (non-hydrogen) atoms. The molecule has 0 radical (unpaired) electrons. The molecule has 0 spiro atoms. The molecule has 4 heteroatoms. The molecule has 0 saturated heterocycles. The number of carbonyl (C=O) groups is 2. The maximum atomic E-state index is 12.5. The number of nitrogens with zero attached hydrogens (tertiary/aromatic N) is 1. The first-order valence-electron chi connectivity index (χ1n) is 7.99. The van der Waals surface area contributed by atoms with Crippen molar-refractivity contribution in [3.8, 4) is 0 Å². The van der Waals surface area contributed by atoms with Crippen molar-refractivity contribution in [1.82, 2.24) is 4.90 Å². The average Bonchev–Trinajstić information content (AvgIpc) is 2.33. The van der Waals surface area contributed by atoms with E-state index >= 15 is 0 Å². The molecule has 0 atom stereocenters. The number of carboxylic acids is 1. The van der Waals surface area contributed by atoms with Crippen LogP contribution >= 0.6 is 0 Å². The Hall–Kier alpha value is -1.06. The van der Waals surface area contributed by atoms with Gasteiger partial charge in [0.2, 0.25) is 5.91 Å². The maximum Gasteiger partial charge on any atom is 0.323 e. The standard InChI is InChI=1S/C16H25NO3/c1-2-17(10-15(19)20)14(18)9-16-6-11-3-12(7-16)5-13(4-11)8-16/h11-13H,2-10H2,1H3,(H,19,20). The fourth-order valence-corrected chi connectivity index (χ4v) is 5.48. The van der Waals surface area contributed by atoms with E-state index in [9.17, 15) is 9.59 Å². The number of carbonyl (C=O) groups excluding carboxylic acids is 1. The smallest absolute Gasteiger partial charge is 0.323 e. The van der Waals surface area contributed by atoms with Crippen LogP contribution < -0.4 is 0 Å². The van der Waals surface area contributed by atoms with Crippen LogP contribution in [-0.2, 0) is 9.59 Å². The first kappa shape index (κ1) is 13.9. The summed E-state index contributed by atoms with van der Waals surface area (Å²) in [7, 11) is 0. The summed E-state index contributed by atoms with van der Waals surface area (Å²) in [6.07, 6.45) is 8.32. The van der Waals surface area contributed by atoms with Crippen molar-refractivity contribution in [2.75, 3.05) is 13.1 Å². The molecule has 4 bridgehead atoms. The molecule has 0 aromatic rings. The van der Waals surface area contributed by atoms with E-state index in [0.29, 0.717) is 13.0 Å². The van der Waals surface area contributed by atoms with Crippen molar-refractivity contribution in [1.29, 1.82) is 0 Å². The van der Waals surface area contributed by atoms with Gasteiger partial charge in [-0.3, -0.25) is 9.59 Å². The number of hydrogen-bond donors (Lipinski definition) is 1. The van der Waals surface area contributed by atoms with Crippen molar-refractivity contribution in [3.63, 3.8) is 0 Å². The Morgan fingerprint density at radius 3 is 2.00 bits per heavy atom. The molecule has 4 fully saturated rings. The molecule has 0 aromatic carbocycles. The van der Waals surface area contributed by atoms with Crippen molar-refractivity contribution in [2.45, 2.75) is 51.9 Å². The molecule has 0 unspecified atom stereocenters. The van der Waals surface area contributed by atoms with Crippen LogP contribution in [0.5, 0.6) is 0 Å². The second-order valence-electron chi connectivity index (χ2n) is 7.40. The second-order valence-corrected chi connectivity index (χ2v) is 7.40. The molecule has 0 aliphatic heterocycles. The van der Waals surface area contributed by atoms with Gasteiger partial charge >= 0.3 is 5.97 Å². The van der Waals surface area contributed by atoms with Gasteiger partial charge in [-0.25, -0.2) is 0 Å². The molecule has 112 valence electrons. The average molecular weight is 279 g/mol. The highest BCUT2D eigenvalue weighted by atomic mass is 16.4. The van der Waals surface area contributed by atoms with Crippen LogP contribution in [-0.4, -0.2) is 35.0 Å². The lowest BCUT2D eigenvalue weighted by Gasteiger charge is -2.57. The van der Waals surface area contributed by atoms with Crippen LogP contribution in [0.15, 0.2) is 0 Å². The Balaban J connectivity index is 1.67. The zero-order chi connectivity index (χ0) is 14.3. The quantitative estimate of drug-likeness (QED) is 0.841. The van der Waals surface area contributed by atoms with Gasteiger partial charge in [-0.15, -0.1) is 0 Å². The number of carboxylic acid groups (broad SMARTS) is 1. The number of rotatable bonds is 5. The minimum Gasteiger partial charge on any atom is -0.480 e. The molecule has 0 aromatic heterocycles.